The Balaban J connectivity index is 1.70. The van der Waals surface area contributed by atoms with Gasteiger partial charge in [-0.2, -0.15) is 0 Å². The Kier molecular flexibility index (Phi) is 7.80. The van der Waals surface area contributed by atoms with Gasteiger partial charge in [0.05, 0.1) is 13.2 Å². The van der Waals surface area contributed by atoms with E-state index in [0.29, 0.717) is 4.90 Å². The van der Waals surface area contributed by atoms with Gasteiger partial charge in [-0.3, -0.25) is 4.79 Å². The lowest BCUT2D eigenvalue weighted by Gasteiger charge is -2.20. The standard InChI is InChI=1S/C23H24N2O7/c1-2-30-20(26)14-24-13-19(21(27)31-15-17-9-5-3-6-10-17)25(22(24)28)23(29)32-16-18-11-7-4-8-12-18/h3-12,19H,2,13-16H2,1H3. The normalized spacial score (nSPS) is 15.4. The molecule has 1 aliphatic rings. The molecule has 2 aromatic rings. The van der Waals surface area contributed by atoms with Gasteiger partial charge in [-0.05, 0) is 18.1 Å². The molecule has 0 bridgehead atoms. The second kappa shape index (κ2) is 10.9. The van der Waals surface area contributed by atoms with Gasteiger partial charge in [-0.25, -0.2) is 19.3 Å². The third-order valence-corrected chi connectivity index (χ3v) is 4.70. The van der Waals surface area contributed by atoms with Crippen LogP contribution >= 0.6 is 0 Å². The molecule has 3 rings (SSSR count). The summed E-state index contributed by atoms with van der Waals surface area (Å²) in [5, 5.41) is 0. The number of hydrogen-bond donors (Lipinski definition) is 0. The molecule has 2 aromatic carbocycles. The van der Waals surface area contributed by atoms with Crippen LogP contribution < -0.4 is 0 Å². The summed E-state index contributed by atoms with van der Waals surface area (Å²) in [6.07, 6.45) is -0.994. The van der Waals surface area contributed by atoms with Crippen molar-refractivity contribution in [1.82, 2.24) is 9.80 Å². The number of hydrogen-bond acceptors (Lipinski definition) is 7. The van der Waals surface area contributed by atoms with Gasteiger partial charge < -0.3 is 19.1 Å². The number of carbonyl (C=O) groups excluding carboxylic acids is 4. The molecule has 3 amide bonds. The maximum absolute atomic E-state index is 12.8. The Morgan fingerprint density at radius 3 is 2.00 bits per heavy atom. The Hall–Kier alpha value is -3.88. The molecular weight excluding hydrogens is 416 g/mol. The van der Waals surface area contributed by atoms with Gasteiger partial charge >= 0.3 is 24.1 Å². The lowest BCUT2D eigenvalue weighted by Crippen LogP contribution is -2.45. The number of esters is 2. The van der Waals surface area contributed by atoms with Gasteiger partial charge in [0.25, 0.3) is 0 Å². The fourth-order valence-corrected chi connectivity index (χ4v) is 3.15. The minimum Gasteiger partial charge on any atom is -0.465 e. The highest BCUT2D eigenvalue weighted by molar-refractivity contribution is 5.99. The van der Waals surface area contributed by atoms with Crippen LogP contribution in [0.1, 0.15) is 18.1 Å². The van der Waals surface area contributed by atoms with Gasteiger partial charge in [-0.1, -0.05) is 60.7 Å². The van der Waals surface area contributed by atoms with Crippen LogP contribution in [0.15, 0.2) is 60.7 Å². The summed E-state index contributed by atoms with van der Waals surface area (Å²) in [5.41, 5.74) is 1.48. The molecule has 0 saturated carbocycles. The van der Waals surface area contributed by atoms with Crippen LogP contribution in [0.2, 0.25) is 0 Å². The van der Waals surface area contributed by atoms with Crippen molar-refractivity contribution < 1.29 is 33.4 Å². The number of nitrogens with zero attached hydrogens (tertiary/aromatic N) is 2. The summed E-state index contributed by atoms with van der Waals surface area (Å²) < 4.78 is 15.4. The first-order chi connectivity index (χ1) is 15.5. The second-order valence-corrected chi connectivity index (χ2v) is 6.99. The van der Waals surface area contributed by atoms with Crippen LogP contribution in [-0.2, 0) is 37.0 Å². The number of urea groups is 1. The summed E-state index contributed by atoms with van der Waals surface area (Å²) in [6.45, 7) is 1.10. The summed E-state index contributed by atoms with van der Waals surface area (Å²) in [4.78, 5) is 51.9. The van der Waals surface area contributed by atoms with E-state index in [-0.39, 0.29) is 26.4 Å². The fourth-order valence-electron chi connectivity index (χ4n) is 3.15. The third-order valence-electron chi connectivity index (χ3n) is 4.70. The molecule has 1 unspecified atom stereocenters. The van der Waals surface area contributed by atoms with Crippen molar-refractivity contribution in [2.45, 2.75) is 26.2 Å². The lowest BCUT2D eigenvalue weighted by molar-refractivity contribution is -0.149. The van der Waals surface area contributed by atoms with E-state index in [0.717, 1.165) is 16.0 Å². The minimum absolute atomic E-state index is 0.0187. The fraction of sp³-hybridized carbons (Fsp3) is 0.304. The topological polar surface area (TPSA) is 102 Å². The Bertz CT molecular complexity index is 949. The zero-order chi connectivity index (χ0) is 22.9. The molecule has 0 aromatic heterocycles. The molecule has 1 heterocycles. The van der Waals surface area contributed by atoms with Crippen molar-refractivity contribution in [2.24, 2.45) is 0 Å². The van der Waals surface area contributed by atoms with E-state index >= 15 is 0 Å². The van der Waals surface area contributed by atoms with E-state index in [9.17, 15) is 19.2 Å². The Labute approximate surface area is 185 Å². The molecule has 0 aliphatic carbocycles. The zero-order valence-corrected chi connectivity index (χ0v) is 17.6. The van der Waals surface area contributed by atoms with Gasteiger partial charge in [0.1, 0.15) is 19.8 Å². The molecule has 1 saturated heterocycles. The van der Waals surface area contributed by atoms with Crippen LogP contribution in [0.5, 0.6) is 0 Å². The van der Waals surface area contributed by atoms with E-state index in [1.54, 1.807) is 55.5 Å². The molecule has 168 valence electrons. The van der Waals surface area contributed by atoms with E-state index in [1.807, 2.05) is 12.1 Å². The number of benzene rings is 2. The highest BCUT2D eigenvalue weighted by Gasteiger charge is 2.47. The van der Waals surface area contributed by atoms with Crippen molar-refractivity contribution in [2.75, 3.05) is 19.7 Å². The predicted octanol–water partition coefficient (Wildman–Crippen LogP) is 2.74. The SMILES string of the molecule is CCOC(=O)CN1CC(C(=O)OCc2ccccc2)N(C(=O)OCc2ccccc2)C1=O. The van der Waals surface area contributed by atoms with E-state index in [1.165, 1.54) is 0 Å². The summed E-state index contributed by atoms with van der Waals surface area (Å²) in [5.74, 6) is -1.41. The summed E-state index contributed by atoms with van der Waals surface area (Å²) in [6, 6.07) is 15.9. The first-order valence-corrected chi connectivity index (χ1v) is 10.1. The monoisotopic (exact) mass is 440 g/mol. The quantitative estimate of drug-likeness (QED) is 0.459. The van der Waals surface area contributed by atoms with Crippen molar-refractivity contribution in [3.05, 3.63) is 71.8 Å². The number of imide groups is 1. The number of ether oxygens (including phenoxy) is 3. The van der Waals surface area contributed by atoms with Gasteiger partial charge in [0, 0.05) is 0 Å². The second-order valence-electron chi connectivity index (χ2n) is 6.99. The van der Waals surface area contributed by atoms with Crippen molar-refractivity contribution >= 4 is 24.1 Å². The van der Waals surface area contributed by atoms with Crippen LogP contribution in [-0.4, -0.2) is 59.6 Å². The van der Waals surface area contributed by atoms with Gasteiger partial charge in [-0.15, -0.1) is 0 Å². The molecule has 1 aliphatic heterocycles. The zero-order valence-electron chi connectivity index (χ0n) is 17.6. The predicted molar refractivity (Wildman–Crippen MR) is 112 cm³/mol. The first-order valence-electron chi connectivity index (χ1n) is 10.1. The maximum Gasteiger partial charge on any atom is 0.419 e. The number of rotatable bonds is 8. The highest BCUT2D eigenvalue weighted by atomic mass is 16.6. The van der Waals surface area contributed by atoms with Crippen LogP contribution in [0, 0.1) is 0 Å². The molecule has 32 heavy (non-hydrogen) atoms. The molecule has 1 atom stereocenters. The van der Waals surface area contributed by atoms with Crippen molar-refractivity contribution in [3.63, 3.8) is 0 Å². The molecule has 0 spiro atoms. The van der Waals surface area contributed by atoms with Crippen molar-refractivity contribution in [1.29, 1.82) is 0 Å². The highest BCUT2D eigenvalue weighted by Crippen LogP contribution is 2.20. The molecule has 1 fully saturated rings. The van der Waals surface area contributed by atoms with Crippen LogP contribution in [0.4, 0.5) is 9.59 Å². The van der Waals surface area contributed by atoms with Crippen LogP contribution in [0.25, 0.3) is 0 Å². The summed E-state index contributed by atoms with van der Waals surface area (Å²) >= 11 is 0. The lowest BCUT2D eigenvalue weighted by atomic mass is 10.2. The molecule has 0 N–H and O–H groups in total. The maximum atomic E-state index is 12.8. The van der Waals surface area contributed by atoms with E-state index < -0.39 is 36.6 Å². The largest absolute Gasteiger partial charge is 0.465 e. The Morgan fingerprint density at radius 2 is 1.44 bits per heavy atom. The third kappa shape index (κ3) is 5.84. The average Bonchev–Trinajstić information content (AvgIpc) is 3.13. The van der Waals surface area contributed by atoms with E-state index in [4.69, 9.17) is 14.2 Å². The molecule has 9 nitrogen and oxygen atoms in total. The molecule has 0 radical (unpaired) electrons. The Morgan fingerprint density at radius 1 is 0.875 bits per heavy atom. The number of carbonyl (C=O) groups is 4. The van der Waals surface area contributed by atoms with Crippen LogP contribution in [0.3, 0.4) is 0 Å². The van der Waals surface area contributed by atoms with Gasteiger partial charge in [0.15, 0.2) is 6.04 Å². The summed E-state index contributed by atoms with van der Waals surface area (Å²) in [7, 11) is 0. The molecular formula is C23H24N2O7. The average molecular weight is 440 g/mol. The smallest absolute Gasteiger partial charge is 0.419 e. The van der Waals surface area contributed by atoms with Gasteiger partial charge in [0.2, 0.25) is 0 Å². The molecule has 9 heteroatoms. The minimum atomic E-state index is -1.25. The first kappa shape index (κ1) is 22.8. The van der Waals surface area contributed by atoms with Crippen molar-refractivity contribution in [3.8, 4) is 0 Å². The van der Waals surface area contributed by atoms with E-state index in [2.05, 4.69) is 0 Å². The number of amides is 3.